The molecule has 0 radical (unpaired) electrons. The summed E-state index contributed by atoms with van der Waals surface area (Å²) < 4.78 is 1.01. The van der Waals surface area contributed by atoms with Crippen molar-refractivity contribution < 1.29 is 4.79 Å². The van der Waals surface area contributed by atoms with Crippen LogP contribution in [0.5, 0.6) is 0 Å². The minimum Gasteiger partial charge on any atom is -0.351 e. The van der Waals surface area contributed by atoms with Crippen LogP contribution >= 0.6 is 27.5 Å². The summed E-state index contributed by atoms with van der Waals surface area (Å²) in [5, 5.41) is 2.81. The zero-order chi connectivity index (χ0) is 13.0. The van der Waals surface area contributed by atoms with Gasteiger partial charge in [0.2, 0.25) is 0 Å². The summed E-state index contributed by atoms with van der Waals surface area (Å²) in [4.78, 5) is 11.9. The Morgan fingerprint density at radius 2 is 2.12 bits per heavy atom. The Balaban J connectivity index is 2.61. The van der Waals surface area contributed by atoms with Crippen LogP contribution in [0.25, 0.3) is 0 Å². The number of alkyl halides is 1. The summed E-state index contributed by atoms with van der Waals surface area (Å²) in [5.74, 6) is 0.274. The Kier molecular flexibility index (Phi) is 5.47. The molecule has 0 aliphatic carbocycles. The van der Waals surface area contributed by atoms with E-state index in [1.165, 1.54) is 0 Å². The molecule has 1 rings (SSSR count). The van der Waals surface area contributed by atoms with Crippen molar-refractivity contribution in [2.45, 2.75) is 26.1 Å². The van der Waals surface area contributed by atoms with E-state index < -0.39 is 0 Å². The molecule has 0 aliphatic heterocycles. The molecule has 94 valence electrons. The van der Waals surface area contributed by atoms with Gasteiger partial charge < -0.3 is 5.32 Å². The summed E-state index contributed by atoms with van der Waals surface area (Å²) >= 11 is 9.49. The van der Waals surface area contributed by atoms with E-state index in [0.29, 0.717) is 18.0 Å². The van der Waals surface area contributed by atoms with Gasteiger partial charge in [0.1, 0.15) is 0 Å². The zero-order valence-corrected chi connectivity index (χ0v) is 12.6. The molecule has 1 aromatic carbocycles. The minimum atomic E-state index is -0.0769. The van der Waals surface area contributed by atoms with E-state index in [2.05, 4.69) is 21.2 Å². The number of hydrogen-bond acceptors (Lipinski definition) is 1. The molecule has 1 N–H and O–H groups in total. The van der Waals surface area contributed by atoms with Crippen LogP contribution in [0.4, 0.5) is 0 Å². The van der Waals surface area contributed by atoms with Crippen LogP contribution in [0.3, 0.4) is 0 Å². The highest BCUT2D eigenvalue weighted by Gasteiger charge is 2.12. The minimum absolute atomic E-state index is 0.0319. The summed E-state index contributed by atoms with van der Waals surface area (Å²) in [7, 11) is 0. The number of aryl methyl sites for hydroxylation is 1. The molecule has 1 amide bonds. The average molecular weight is 319 g/mol. The largest absolute Gasteiger partial charge is 0.351 e. The summed E-state index contributed by atoms with van der Waals surface area (Å²) in [6.45, 7) is 6.52. The molecule has 2 nitrogen and oxygen atoms in total. The lowest BCUT2D eigenvalue weighted by Gasteiger charge is -2.14. The van der Waals surface area contributed by atoms with Crippen LogP contribution in [0.15, 0.2) is 22.7 Å². The molecule has 4 heteroatoms. The van der Waals surface area contributed by atoms with Gasteiger partial charge in [0.25, 0.3) is 5.91 Å². The predicted molar refractivity (Wildman–Crippen MR) is 75.7 cm³/mol. The molecule has 0 saturated carbocycles. The van der Waals surface area contributed by atoms with Crippen molar-refractivity contribution in [1.82, 2.24) is 5.32 Å². The van der Waals surface area contributed by atoms with Gasteiger partial charge in [-0.25, -0.2) is 0 Å². The van der Waals surface area contributed by atoms with Crippen molar-refractivity contribution in [1.29, 1.82) is 0 Å². The highest BCUT2D eigenvalue weighted by Crippen LogP contribution is 2.17. The lowest BCUT2D eigenvalue weighted by Crippen LogP contribution is -2.31. The third-order valence-electron chi connectivity index (χ3n) is 2.60. The Morgan fingerprint density at radius 1 is 1.47 bits per heavy atom. The molecule has 0 heterocycles. The van der Waals surface area contributed by atoms with Gasteiger partial charge in [-0.1, -0.05) is 29.8 Å². The molecule has 17 heavy (non-hydrogen) atoms. The normalized spacial score (nSPS) is 12.6. The van der Waals surface area contributed by atoms with Gasteiger partial charge in [0.15, 0.2) is 0 Å². The van der Waals surface area contributed by atoms with E-state index in [1.807, 2.05) is 32.9 Å². The van der Waals surface area contributed by atoms with Gasteiger partial charge in [-0.05, 0) is 36.6 Å². The third kappa shape index (κ3) is 4.32. The molecule has 1 aromatic rings. The third-order valence-corrected chi connectivity index (χ3v) is 4.15. The topological polar surface area (TPSA) is 29.1 Å². The Labute approximate surface area is 116 Å². The monoisotopic (exact) mass is 317 g/mol. The SMILES string of the molecule is Cc1cc(C(=O)NCC(Cl)C(C)C)ccc1Br. The van der Waals surface area contributed by atoms with E-state index in [1.54, 1.807) is 6.07 Å². The maximum Gasteiger partial charge on any atom is 0.251 e. The number of rotatable bonds is 4. The first-order valence-corrected chi connectivity index (χ1v) is 6.83. The molecule has 0 saturated heterocycles. The fourth-order valence-electron chi connectivity index (χ4n) is 1.31. The van der Waals surface area contributed by atoms with Crippen LogP contribution in [0, 0.1) is 12.8 Å². The molecular formula is C13H17BrClNO. The first-order chi connectivity index (χ1) is 7.91. The van der Waals surface area contributed by atoms with Crippen molar-refractivity contribution in [3.63, 3.8) is 0 Å². The van der Waals surface area contributed by atoms with Crippen LogP contribution < -0.4 is 5.32 Å². The highest BCUT2D eigenvalue weighted by molar-refractivity contribution is 9.10. The van der Waals surface area contributed by atoms with E-state index in [4.69, 9.17) is 11.6 Å². The smallest absolute Gasteiger partial charge is 0.251 e. The van der Waals surface area contributed by atoms with E-state index in [-0.39, 0.29) is 11.3 Å². The molecule has 0 spiro atoms. The second-order valence-electron chi connectivity index (χ2n) is 4.43. The summed E-state index contributed by atoms with van der Waals surface area (Å²) in [6, 6.07) is 5.54. The molecule has 0 bridgehead atoms. The molecule has 1 atom stereocenters. The van der Waals surface area contributed by atoms with Crippen molar-refractivity contribution in [3.05, 3.63) is 33.8 Å². The lowest BCUT2D eigenvalue weighted by atomic mass is 10.1. The molecule has 0 aromatic heterocycles. The number of carbonyl (C=O) groups excluding carboxylic acids is 1. The van der Waals surface area contributed by atoms with E-state index in [9.17, 15) is 4.79 Å². The summed E-state index contributed by atoms with van der Waals surface area (Å²) in [5.41, 5.74) is 1.71. The van der Waals surface area contributed by atoms with Crippen LogP contribution in [0.2, 0.25) is 0 Å². The van der Waals surface area contributed by atoms with Crippen LogP contribution in [-0.2, 0) is 0 Å². The number of halogens is 2. The number of hydrogen-bond donors (Lipinski definition) is 1. The Hall–Kier alpha value is -0.540. The fourth-order valence-corrected chi connectivity index (χ4v) is 1.64. The standard InChI is InChI=1S/C13H17BrClNO/c1-8(2)12(15)7-16-13(17)10-4-5-11(14)9(3)6-10/h4-6,8,12H,7H2,1-3H3,(H,16,17). The van der Waals surface area contributed by atoms with E-state index in [0.717, 1.165) is 10.0 Å². The van der Waals surface area contributed by atoms with Gasteiger partial charge in [0, 0.05) is 16.6 Å². The van der Waals surface area contributed by atoms with Crippen molar-refractivity contribution in [2.75, 3.05) is 6.54 Å². The van der Waals surface area contributed by atoms with Crippen LogP contribution in [-0.4, -0.2) is 17.8 Å². The van der Waals surface area contributed by atoms with Gasteiger partial charge in [-0.2, -0.15) is 0 Å². The highest BCUT2D eigenvalue weighted by atomic mass is 79.9. The first-order valence-electron chi connectivity index (χ1n) is 5.60. The molecule has 0 fully saturated rings. The number of benzene rings is 1. The van der Waals surface area contributed by atoms with Gasteiger partial charge in [-0.3, -0.25) is 4.79 Å². The predicted octanol–water partition coefficient (Wildman–Crippen LogP) is 3.75. The van der Waals surface area contributed by atoms with Crippen LogP contribution in [0.1, 0.15) is 29.8 Å². The average Bonchev–Trinajstić information content (AvgIpc) is 2.28. The molecule has 0 aliphatic rings. The van der Waals surface area contributed by atoms with Gasteiger partial charge >= 0.3 is 0 Å². The number of carbonyl (C=O) groups is 1. The maximum absolute atomic E-state index is 11.9. The van der Waals surface area contributed by atoms with E-state index >= 15 is 0 Å². The number of amides is 1. The van der Waals surface area contributed by atoms with Crippen molar-refractivity contribution >= 4 is 33.4 Å². The molecule has 1 unspecified atom stereocenters. The van der Waals surface area contributed by atoms with Crippen molar-refractivity contribution in [3.8, 4) is 0 Å². The second-order valence-corrected chi connectivity index (χ2v) is 5.85. The zero-order valence-electron chi connectivity index (χ0n) is 10.3. The lowest BCUT2D eigenvalue weighted by molar-refractivity contribution is 0.0952. The second kappa shape index (κ2) is 6.41. The van der Waals surface area contributed by atoms with Gasteiger partial charge in [-0.15, -0.1) is 11.6 Å². The first kappa shape index (κ1) is 14.5. The fraction of sp³-hybridized carbons (Fsp3) is 0.462. The Morgan fingerprint density at radius 3 is 2.65 bits per heavy atom. The van der Waals surface area contributed by atoms with Crippen molar-refractivity contribution in [2.24, 2.45) is 5.92 Å². The Bertz CT molecular complexity index is 406. The van der Waals surface area contributed by atoms with Gasteiger partial charge in [0.05, 0.1) is 5.38 Å². The quantitative estimate of drug-likeness (QED) is 0.842. The molecular weight excluding hydrogens is 302 g/mol. The maximum atomic E-state index is 11.9. The number of nitrogens with one attached hydrogen (secondary N) is 1. The summed E-state index contributed by atoms with van der Waals surface area (Å²) in [6.07, 6.45) is 0.